The van der Waals surface area contributed by atoms with Crippen molar-refractivity contribution in [2.45, 2.75) is 31.8 Å². The Hall–Kier alpha value is -1.62. The maximum Gasteiger partial charge on any atom is 0.309 e. The number of aliphatic imine (C=N–C) groups is 1. The molecule has 1 fully saturated rings. The second-order valence-electron chi connectivity index (χ2n) is 5.34. The molecule has 1 aliphatic heterocycles. The molecule has 1 heterocycles. The predicted octanol–water partition coefficient (Wildman–Crippen LogP) is 1.35. The van der Waals surface area contributed by atoms with Crippen LogP contribution in [0.1, 0.15) is 25.7 Å². The van der Waals surface area contributed by atoms with E-state index in [1.54, 1.807) is 6.21 Å². The summed E-state index contributed by atoms with van der Waals surface area (Å²) in [4.78, 5) is 15.4. The predicted molar refractivity (Wildman–Crippen MR) is 77.7 cm³/mol. The van der Waals surface area contributed by atoms with Crippen LogP contribution in [0.25, 0.3) is 0 Å². The highest BCUT2D eigenvalue weighted by Gasteiger charge is 2.35. The number of aliphatic carboxylic acids is 1. The van der Waals surface area contributed by atoms with Gasteiger partial charge in [0.25, 0.3) is 0 Å². The minimum atomic E-state index is -0.904. The van der Waals surface area contributed by atoms with Crippen molar-refractivity contribution in [3.8, 4) is 0 Å². The van der Waals surface area contributed by atoms with Crippen LogP contribution in [0.2, 0.25) is 0 Å². The summed E-state index contributed by atoms with van der Waals surface area (Å²) in [6.45, 7) is 1.52. The van der Waals surface area contributed by atoms with Gasteiger partial charge >= 0.3 is 5.97 Å². The maximum absolute atomic E-state index is 11.0. The fraction of sp³-hybridized carbons (Fsp3) is 0.600. The van der Waals surface area contributed by atoms with Gasteiger partial charge in [-0.05, 0) is 18.9 Å². The Morgan fingerprint density at radius 3 is 3.05 bits per heavy atom. The zero-order chi connectivity index (χ0) is 14.4. The molecule has 0 aromatic heterocycles. The first kappa shape index (κ1) is 14.8. The van der Waals surface area contributed by atoms with Gasteiger partial charge in [0.2, 0.25) is 0 Å². The third kappa shape index (κ3) is 3.93. The molecule has 0 aromatic carbocycles. The number of dihydropyridines is 1. The lowest BCUT2D eigenvalue weighted by atomic mass is 9.79. The van der Waals surface area contributed by atoms with Crippen LogP contribution in [0.4, 0.5) is 0 Å². The lowest BCUT2D eigenvalue weighted by Gasteiger charge is -2.30. The molecule has 5 heteroatoms. The van der Waals surface area contributed by atoms with E-state index in [4.69, 9.17) is 5.11 Å². The van der Waals surface area contributed by atoms with E-state index < -0.39 is 18.0 Å². The van der Waals surface area contributed by atoms with Gasteiger partial charge in [0, 0.05) is 37.3 Å². The van der Waals surface area contributed by atoms with Gasteiger partial charge in [-0.1, -0.05) is 18.6 Å². The Bertz CT molecular complexity index is 429. The lowest BCUT2D eigenvalue weighted by Crippen LogP contribution is -2.38. The van der Waals surface area contributed by atoms with E-state index in [1.165, 1.54) is 0 Å². The molecule has 1 aliphatic carbocycles. The zero-order valence-corrected chi connectivity index (χ0v) is 11.5. The van der Waals surface area contributed by atoms with Crippen LogP contribution >= 0.6 is 0 Å². The van der Waals surface area contributed by atoms with Crippen molar-refractivity contribution in [1.29, 1.82) is 0 Å². The monoisotopic (exact) mass is 278 g/mol. The lowest BCUT2D eigenvalue weighted by molar-refractivity contribution is -0.148. The van der Waals surface area contributed by atoms with Crippen molar-refractivity contribution in [1.82, 2.24) is 5.32 Å². The summed E-state index contributed by atoms with van der Waals surface area (Å²) in [6, 6.07) is 0. The van der Waals surface area contributed by atoms with Crippen molar-refractivity contribution < 1.29 is 15.0 Å². The molecular weight excluding hydrogens is 256 g/mol. The minimum absolute atomic E-state index is 0.127. The molecule has 1 saturated carbocycles. The molecule has 0 bridgehead atoms. The average molecular weight is 278 g/mol. The number of carboxylic acids is 1. The molecule has 2 aliphatic rings. The smallest absolute Gasteiger partial charge is 0.309 e. The van der Waals surface area contributed by atoms with Crippen LogP contribution in [-0.2, 0) is 4.79 Å². The van der Waals surface area contributed by atoms with Crippen molar-refractivity contribution in [2.24, 2.45) is 16.8 Å². The zero-order valence-electron chi connectivity index (χ0n) is 11.5. The maximum atomic E-state index is 11.0. The number of nitrogens with one attached hydrogen (secondary N) is 1. The summed E-state index contributed by atoms with van der Waals surface area (Å²) < 4.78 is 0. The van der Waals surface area contributed by atoms with Crippen molar-refractivity contribution in [3.05, 3.63) is 23.9 Å². The van der Waals surface area contributed by atoms with Crippen LogP contribution in [0, 0.1) is 11.8 Å². The molecule has 0 saturated heterocycles. The molecule has 3 N–H and O–H groups in total. The van der Waals surface area contributed by atoms with Gasteiger partial charge in [0.05, 0.1) is 12.0 Å². The average Bonchev–Trinajstić information content (AvgIpc) is 2.46. The molecule has 110 valence electrons. The largest absolute Gasteiger partial charge is 0.481 e. The number of hydrogen-bond donors (Lipinski definition) is 3. The minimum Gasteiger partial charge on any atom is -0.481 e. The Labute approximate surface area is 119 Å². The number of hydrogen-bond acceptors (Lipinski definition) is 4. The molecule has 0 radical (unpaired) electrons. The first-order chi connectivity index (χ1) is 9.68. The SMILES string of the molecule is O=C(O)C1CCCC(C=NCCC2=CC=CCN2)C1O. The Kier molecular flexibility index (Phi) is 5.35. The summed E-state index contributed by atoms with van der Waals surface area (Å²) in [5.74, 6) is -1.68. The molecular formula is C15H22N2O3. The molecule has 0 spiro atoms. The molecule has 2 rings (SSSR count). The second kappa shape index (κ2) is 7.24. The number of rotatable bonds is 5. The highest BCUT2D eigenvalue weighted by molar-refractivity contribution is 5.73. The van der Waals surface area contributed by atoms with E-state index >= 15 is 0 Å². The molecule has 0 aromatic rings. The second-order valence-corrected chi connectivity index (χ2v) is 5.34. The summed E-state index contributed by atoms with van der Waals surface area (Å²) in [5, 5.41) is 22.3. The van der Waals surface area contributed by atoms with Gasteiger partial charge in [-0.3, -0.25) is 9.79 Å². The standard InChI is InChI=1S/C15H22N2O3/c18-14-11(4-3-6-13(14)15(19)20)10-16-9-7-12-5-1-2-8-17-12/h1-2,5,10-11,13-14,17-18H,3-4,6-9H2,(H,19,20). The number of aliphatic hydroxyl groups is 1. The first-order valence-corrected chi connectivity index (χ1v) is 7.19. The quantitative estimate of drug-likeness (QED) is 0.663. The topological polar surface area (TPSA) is 81.9 Å². The van der Waals surface area contributed by atoms with E-state index in [1.807, 2.05) is 12.2 Å². The summed E-state index contributed by atoms with van der Waals surface area (Å²) in [6.07, 6.45) is 10.1. The highest BCUT2D eigenvalue weighted by atomic mass is 16.4. The fourth-order valence-corrected chi connectivity index (χ4v) is 2.71. The number of carboxylic acid groups (broad SMARTS) is 1. The summed E-state index contributed by atoms with van der Waals surface area (Å²) in [5.41, 5.74) is 1.16. The summed E-state index contributed by atoms with van der Waals surface area (Å²) >= 11 is 0. The van der Waals surface area contributed by atoms with Gasteiger partial charge in [-0.25, -0.2) is 0 Å². The molecule has 3 atom stereocenters. The van der Waals surface area contributed by atoms with Crippen LogP contribution in [0.3, 0.4) is 0 Å². The third-order valence-corrected chi connectivity index (χ3v) is 3.91. The molecule has 5 nitrogen and oxygen atoms in total. The van der Waals surface area contributed by atoms with Crippen LogP contribution in [-0.4, -0.2) is 41.6 Å². The van der Waals surface area contributed by atoms with E-state index in [-0.39, 0.29) is 5.92 Å². The van der Waals surface area contributed by atoms with Crippen molar-refractivity contribution in [2.75, 3.05) is 13.1 Å². The van der Waals surface area contributed by atoms with Crippen LogP contribution in [0.15, 0.2) is 28.9 Å². The number of aliphatic hydroxyl groups excluding tert-OH is 1. The van der Waals surface area contributed by atoms with E-state index in [0.717, 1.165) is 31.5 Å². The van der Waals surface area contributed by atoms with E-state index in [9.17, 15) is 9.90 Å². The first-order valence-electron chi connectivity index (χ1n) is 7.19. The van der Waals surface area contributed by atoms with Gasteiger partial charge in [-0.15, -0.1) is 0 Å². The molecule has 20 heavy (non-hydrogen) atoms. The van der Waals surface area contributed by atoms with Crippen LogP contribution < -0.4 is 5.32 Å². The normalized spacial score (nSPS) is 30.1. The number of allylic oxidation sites excluding steroid dienone is 2. The van der Waals surface area contributed by atoms with E-state index in [2.05, 4.69) is 16.4 Å². The molecule has 3 unspecified atom stereocenters. The van der Waals surface area contributed by atoms with Gasteiger partial charge in [-0.2, -0.15) is 0 Å². The highest BCUT2D eigenvalue weighted by Crippen LogP contribution is 2.28. The molecule has 0 amide bonds. The Morgan fingerprint density at radius 2 is 2.35 bits per heavy atom. The third-order valence-electron chi connectivity index (χ3n) is 3.91. The van der Waals surface area contributed by atoms with Crippen LogP contribution in [0.5, 0.6) is 0 Å². The Balaban J connectivity index is 1.79. The van der Waals surface area contributed by atoms with E-state index in [0.29, 0.717) is 13.0 Å². The number of nitrogens with zero attached hydrogens (tertiary/aromatic N) is 1. The van der Waals surface area contributed by atoms with Gasteiger partial charge in [0.1, 0.15) is 0 Å². The fourth-order valence-electron chi connectivity index (χ4n) is 2.71. The van der Waals surface area contributed by atoms with Gasteiger partial charge < -0.3 is 15.5 Å². The van der Waals surface area contributed by atoms with Crippen molar-refractivity contribution >= 4 is 12.2 Å². The Morgan fingerprint density at radius 1 is 1.50 bits per heavy atom. The summed E-state index contributed by atoms with van der Waals surface area (Å²) in [7, 11) is 0. The van der Waals surface area contributed by atoms with Gasteiger partial charge in [0.15, 0.2) is 0 Å². The number of carbonyl (C=O) groups is 1. The van der Waals surface area contributed by atoms with Crippen molar-refractivity contribution in [3.63, 3.8) is 0 Å².